The number of nitrogens with zero attached hydrogens (tertiary/aromatic N) is 2. The zero-order valence-corrected chi connectivity index (χ0v) is 11.8. The number of nitrogens with one attached hydrogen (secondary N) is 1. The van der Waals surface area contributed by atoms with E-state index in [9.17, 15) is 0 Å². The zero-order valence-electron chi connectivity index (χ0n) is 10.3. The molecule has 2 rings (SSSR count). The molecule has 2 heterocycles. The number of aryl methyl sites for hydroxylation is 2. The first-order valence-corrected chi connectivity index (χ1v) is 5.24. The summed E-state index contributed by atoms with van der Waals surface area (Å²) in [6, 6.07) is 4.14. The summed E-state index contributed by atoms with van der Waals surface area (Å²) in [5.74, 6) is 1.42. The third kappa shape index (κ3) is 4.13. The number of halogens is 2. The highest BCUT2D eigenvalue weighted by atomic mass is 35.5. The van der Waals surface area contributed by atoms with Crippen LogP contribution in [0.5, 0.6) is 0 Å². The Morgan fingerprint density at radius 1 is 1.22 bits per heavy atom. The average molecular weight is 287 g/mol. The molecule has 0 unspecified atom stereocenters. The number of anilines is 1. The van der Waals surface area contributed by atoms with Gasteiger partial charge in [-0.25, -0.2) is 9.55 Å². The normalized spacial score (nSPS) is 9.22. The van der Waals surface area contributed by atoms with E-state index in [4.69, 9.17) is 5.73 Å². The molecule has 0 saturated carbocycles. The van der Waals surface area contributed by atoms with E-state index < -0.39 is 0 Å². The Kier molecular flexibility index (Phi) is 6.58. The highest BCUT2D eigenvalue weighted by molar-refractivity contribution is 5.35. The summed E-state index contributed by atoms with van der Waals surface area (Å²) in [4.78, 5) is 7.26. The van der Waals surface area contributed by atoms with Gasteiger partial charge in [0.2, 0.25) is 0 Å². The van der Waals surface area contributed by atoms with Gasteiger partial charge in [-0.2, -0.15) is 0 Å². The molecule has 0 amide bonds. The maximum atomic E-state index is 5.85. The SMILES string of the molecule is Cc1cc[n+](Cc2c[nH+]c(C)nc2N)cc1.[Cl-].[Cl-]. The lowest BCUT2D eigenvalue weighted by molar-refractivity contribution is -0.688. The van der Waals surface area contributed by atoms with Crippen LogP contribution in [0.1, 0.15) is 17.0 Å². The van der Waals surface area contributed by atoms with Crippen LogP contribution in [0.3, 0.4) is 0 Å². The van der Waals surface area contributed by atoms with Crippen molar-refractivity contribution in [3.05, 3.63) is 47.7 Å². The molecular formula is C12H16Cl2N4. The van der Waals surface area contributed by atoms with Crippen molar-refractivity contribution in [2.75, 3.05) is 5.73 Å². The lowest BCUT2D eigenvalue weighted by Crippen LogP contribution is -3.00. The third-order valence-corrected chi connectivity index (χ3v) is 2.48. The second kappa shape index (κ2) is 7.13. The van der Waals surface area contributed by atoms with Crippen molar-refractivity contribution < 1.29 is 34.4 Å². The molecule has 98 valence electrons. The van der Waals surface area contributed by atoms with E-state index in [0.29, 0.717) is 5.82 Å². The fraction of sp³-hybridized carbons (Fsp3) is 0.250. The second-order valence-corrected chi connectivity index (χ2v) is 3.94. The molecule has 0 aliphatic carbocycles. The fourth-order valence-electron chi connectivity index (χ4n) is 1.51. The summed E-state index contributed by atoms with van der Waals surface area (Å²) in [5.41, 5.74) is 8.10. The highest BCUT2D eigenvalue weighted by Crippen LogP contribution is 2.04. The highest BCUT2D eigenvalue weighted by Gasteiger charge is 2.12. The number of rotatable bonds is 2. The molecule has 0 spiro atoms. The van der Waals surface area contributed by atoms with E-state index in [1.807, 2.05) is 25.5 Å². The van der Waals surface area contributed by atoms with Gasteiger partial charge in [0.25, 0.3) is 11.6 Å². The minimum absolute atomic E-state index is 0. The fourth-order valence-corrected chi connectivity index (χ4v) is 1.51. The lowest BCUT2D eigenvalue weighted by Gasteiger charge is -1.97. The van der Waals surface area contributed by atoms with Gasteiger partial charge in [0, 0.05) is 19.1 Å². The van der Waals surface area contributed by atoms with Crippen LogP contribution >= 0.6 is 0 Å². The van der Waals surface area contributed by atoms with Crippen molar-refractivity contribution in [1.82, 2.24) is 4.98 Å². The van der Waals surface area contributed by atoms with E-state index in [0.717, 1.165) is 17.9 Å². The number of nitrogen functional groups attached to an aromatic ring is 1. The molecule has 6 heteroatoms. The van der Waals surface area contributed by atoms with E-state index in [-0.39, 0.29) is 24.8 Å². The number of nitrogens with two attached hydrogens (primary N) is 1. The van der Waals surface area contributed by atoms with Gasteiger partial charge in [0.1, 0.15) is 11.8 Å². The number of hydrogen-bond donors (Lipinski definition) is 1. The van der Waals surface area contributed by atoms with Crippen LogP contribution in [-0.4, -0.2) is 4.98 Å². The number of aromatic amines is 1. The van der Waals surface area contributed by atoms with Crippen molar-refractivity contribution in [3.8, 4) is 0 Å². The van der Waals surface area contributed by atoms with Crippen LogP contribution in [0, 0.1) is 13.8 Å². The van der Waals surface area contributed by atoms with Gasteiger partial charge in [-0.1, -0.05) is 0 Å². The molecule has 2 aromatic rings. The molecule has 0 aliphatic heterocycles. The summed E-state index contributed by atoms with van der Waals surface area (Å²) < 4.78 is 2.07. The van der Waals surface area contributed by atoms with Gasteiger partial charge in [-0.15, -0.1) is 0 Å². The summed E-state index contributed by atoms with van der Waals surface area (Å²) >= 11 is 0. The van der Waals surface area contributed by atoms with Crippen molar-refractivity contribution in [3.63, 3.8) is 0 Å². The largest absolute Gasteiger partial charge is 1.00 e. The van der Waals surface area contributed by atoms with E-state index in [1.54, 1.807) is 0 Å². The summed E-state index contributed by atoms with van der Waals surface area (Å²) in [6.07, 6.45) is 5.98. The van der Waals surface area contributed by atoms with Crippen LogP contribution < -0.4 is 40.1 Å². The first kappa shape index (κ1) is 16.6. The van der Waals surface area contributed by atoms with Gasteiger partial charge in [0.15, 0.2) is 18.9 Å². The number of pyridine rings is 1. The second-order valence-electron chi connectivity index (χ2n) is 3.94. The minimum atomic E-state index is 0. The summed E-state index contributed by atoms with van der Waals surface area (Å²) in [5, 5.41) is 0. The predicted octanol–water partition coefficient (Wildman–Crippen LogP) is -5.56. The van der Waals surface area contributed by atoms with Gasteiger partial charge in [-0.05, 0) is 17.5 Å². The van der Waals surface area contributed by atoms with E-state index in [2.05, 4.69) is 33.6 Å². The Balaban J connectivity index is 0.00000144. The Morgan fingerprint density at radius 3 is 2.39 bits per heavy atom. The first-order chi connectivity index (χ1) is 7.65. The Hall–Kier alpha value is -1.39. The maximum absolute atomic E-state index is 5.85. The number of hydrogen-bond acceptors (Lipinski definition) is 2. The summed E-state index contributed by atoms with van der Waals surface area (Å²) in [6.45, 7) is 4.69. The van der Waals surface area contributed by atoms with Crippen LogP contribution in [0.4, 0.5) is 5.82 Å². The topological polar surface area (TPSA) is 56.9 Å². The van der Waals surface area contributed by atoms with Crippen molar-refractivity contribution in [2.24, 2.45) is 0 Å². The van der Waals surface area contributed by atoms with Crippen LogP contribution in [0.2, 0.25) is 0 Å². The molecular weight excluding hydrogens is 271 g/mol. The van der Waals surface area contributed by atoms with Crippen molar-refractivity contribution >= 4 is 5.82 Å². The minimum Gasteiger partial charge on any atom is -1.00 e. The summed E-state index contributed by atoms with van der Waals surface area (Å²) in [7, 11) is 0. The molecule has 4 nitrogen and oxygen atoms in total. The average Bonchev–Trinajstić information content (AvgIpc) is 2.25. The Morgan fingerprint density at radius 2 is 1.83 bits per heavy atom. The van der Waals surface area contributed by atoms with Crippen LogP contribution in [-0.2, 0) is 6.54 Å². The molecule has 0 atom stereocenters. The van der Waals surface area contributed by atoms with E-state index in [1.165, 1.54) is 5.56 Å². The number of aromatic nitrogens is 3. The molecule has 0 bridgehead atoms. The smallest absolute Gasteiger partial charge is 0.295 e. The van der Waals surface area contributed by atoms with E-state index >= 15 is 0 Å². The van der Waals surface area contributed by atoms with Gasteiger partial charge >= 0.3 is 0 Å². The first-order valence-electron chi connectivity index (χ1n) is 5.24. The van der Waals surface area contributed by atoms with Crippen molar-refractivity contribution in [1.29, 1.82) is 0 Å². The standard InChI is InChI=1S/C12H15N4.2ClH/c1-9-3-5-16(6-4-9)8-11-7-14-10(2)15-12(11)13;;/h3-7H,8H2,1-2H3,(H2,13,14,15);2*1H/q+1;;/p-1. The molecule has 2 aromatic heterocycles. The predicted molar refractivity (Wildman–Crippen MR) is 60.4 cm³/mol. The Labute approximate surface area is 119 Å². The molecule has 0 aliphatic rings. The molecule has 0 saturated heterocycles. The Bertz CT molecular complexity index is 500. The van der Waals surface area contributed by atoms with Crippen LogP contribution in [0.25, 0.3) is 0 Å². The van der Waals surface area contributed by atoms with Gasteiger partial charge < -0.3 is 30.5 Å². The molecule has 3 N–H and O–H groups in total. The lowest BCUT2D eigenvalue weighted by atomic mass is 10.2. The van der Waals surface area contributed by atoms with Crippen molar-refractivity contribution in [2.45, 2.75) is 20.4 Å². The maximum Gasteiger partial charge on any atom is 0.295 e. The monoisotopic (exact) mass is 286 g/mol. The van der Waals surface area contributed by atoms with Gasteiger partial charge in [0.05, 0.1) is 0 Å². The molecule has 0 radical (unpaired) electrons. The quantitative estimate of drug-likeness (QED) is 0.560. The van der Waals surface area contributed by atoms with Gasteiger partial charge in [-0.3, -0.25) is 0 Å². The molecule has 0 fully saturated rings. The molecule has 0 aromatic carbocycles. The van der Waals surface area contributed by atoms with Crippen LogP contribution in [0.15, 0.2) is 30.7 Å². The third-order valence-electron chi connectivity index (χ3n) is 2.48. The zero-order chi connectivity index (χ0) is 11.5. The number of H-pyrrole nitrogens is 1. The molecule has 18 heavy (non-hydrogen) atoms.